The third kappa shape index (κ3) is 1.74. The van der Waals surface area contributed by atoms with E-state index < -0.39 is 0 Å². The van der Waals surface area contributed by atoms with E-state index in [-0.39, 0.29) is 6.10 Å². The van der Waals surface area contributed by atoms with Crippen LogP contribution in [0.3, 0.4) is 0 Å². The van der Waals surface area contributed by atoms with Crippen molar-refractivity contribution >= 4 is 0 Å². The van der Waals surface area contributed by atoms with Crippen LogP contribution in [-0.2, 0) is 4.74 Å². The highest BCUT2D eigenvalue weighted by Gasteiger charge is 2.18. The molecule has 0 aliphatic carbocycles. The van der Waals surface area contributed by atoms with E-state index in [0.29, 0.717) is 12.5 Å². The van der Waals surface area contributed by atoms with E-state index in [4.69, 9.17) is 9.47 Å². The van der Waals surface area contributed by atoms with E-state index in [1.54, 1.807) is 6.20 Å². The maximum atomic E-state index is 5.37. The van der Waals surface area contributed by atoms with Gasteiger partial charge in [0.1, 0.15) is 6.61 Å². The Balaban J connectivity index is 1.79. The second kappa shape index (κ2) is 3.54. The van der Waals surface area contributed by atoms with Gasteiger partial charge in [-0.25, -0.2) is 4.98 Å². The van der Waals surface area contributed by atoms with Gasteiger partial charge in [-0.1, -0.05) is 6.07 Å². The van der Waals surface area contributed by atoms with Crippen LogP contribution >= 0.6 is 0 Å². The van der Waals surface area contributed by atoms with Crippen LogP contribution in [0.4, 0.5) is 0 Å². The molecule has 2 heterocycles. The third-order valence-corrected chi connectivity index (χ3v) is 1.85. The molecular weight excluding hydrogens is 154 g/mol. The molecule has 1 atom stereocenters. The summed E-state index contributed by atoms with van der Waals surface area (Å²) in [6.07, 6.45) is 3.11. The van der Waals surface area contributed by atoms with Gasteiger partial charge in [0, 0.05) is 25.3 Å². The number of rotatable bonds is 3. The lowest BCUT2D eigenvalue weighted by atomic mass is 10.2. The van der Waals surface area contributed by atoms with Crippen molar-refractivity contribution in [2.75, 3.05) is 13.2 Å². The summed E-state index contributed by atoms with van der Waals surface area (Å²) < 4.78 is 10.6. The topological polar surface area (TPSA) is 31.4 Å². The summed E-state index contributed by atoms with van der Waals surface area (Å²) in [5.74, 6) is 0.674. The maximum Gasteiger partial charge on any atom is 0.213 e. The van der Waals surface area contributed by atoms with Crippen molar-refractivity contribution in [2.45, 2.75) is 12.5 Å². The van der Waals surface area contributed by atoms with Gasteiger partial charge in [0.15, 0.2) is 0 Å². The highest BCUT2D eigenvalue weighted by Crippen LogP contribution is 2.12. The van der Waals surface area contributed by atoms with Gasteiger partial charge in [-0.05, 0) is 6.07 Å². The van der Waals surface area contributed by atoms with Crippen LogP contribution in [0.5, 0.6) is 5.88 Å². The minimum absolute atomic E-state index is 0.284. The average Bonchev–Trinajstić information content (AvgIpc) is 2.04. The lowest BCUT2D eigenvalue weighted by Gasteiger charge is -2.25. The van der Waals surface area contributed by atoms with Crippen molar-refractivity contribution in [3.05, 3.63) is 24.4 Å². The molecule has 1 fully saturated rings. The fraction of sp³-hybridized carbons (Fsp3) is 0.444. The SMILES string of the molecule is c1ccc(OCC2CCO2)nc1. The maximum absolute atomic E-state index is 5.37. The molecule has 1 saturated heterocycles. The van der Waals surface area contributed by atoms with Crippen LogP contribution < -0.4 is 4.74 Å². The molecule has 1 unspecified atom stereocenters. The van der Waals surface area contributed by atoms with Crippen molar-refractivity contribution in [1.82, 2.24) is 4.98 Å². The molecular formula is C9H11NO2. The molecule has 0 amide bonds. The lowest BCUT2D eigenvalue weighted by Crippen LogP contribution is -2.32. The summed E-state index contributed by atoms with van der Waals surface area (Å²) in [6.45, 7) is 1.49. The predicted octanol–water partition coefficient (Wildman–Crippen LogP) is 1.25. The first-order chi connectivity index (χ1) is 5.95. The number of hydrogen-bond acceptors (Lipinski definition) is 3. The second-order valence-electron chi connectivity index (χ2n) is 2.76. The minimum Gasteiger partial charge on any atom is -0.475 e. The van der Waals surface area contributed by atoms with Crippen LogP contribution in [-0.4, -0.2) is 24.3 Å². The number of pyridine rings is 1. The number of nitrogens with zero attached hydrogens (tertiary/aromatic N) is 1. The highest BCUT2D eigenvalue weighted by atomic mass is 16.5. The molecule has 3 heteroatoms. The Bertz CT molecular complexity index is 234. The first-order valence-electron chi connectivity index (χ1n) is 4.10. The van der Waals surface area contributed by atoms with Crippen molar-refractivity contribution in [3.8, 4) is 5.88 Å². The van der Waals surface area contributed by atoms with Gasteiger partial charge in [0.25, 0.3) is 0 Å². The predicted molar refractivity (Wildman–Crippen MR) is 44.1 cm³/mol. The van der Waals surface area contributed by atoms with E-state index in [1.807, 2.05) is 18.2 Å². The molecule has 2 rings (SSSR count). The van der Waals surface area contributed by atoms with Gasteiger partial charge in [-0.2, -0.15) is 0 Å². The number of hydrogen-bond donors (Lipinski definition) is 0. The van der Waals surface area contributed by atoms with E-state index >= 15 is 0 Å². The Morgan fingerprint density at radius 2 is 2.50 bits per heavy atom. The van der Waals surface area contributed by atoms with Crippen LogP contribution in [0.1, 0.15) is 6.42 Å². The molecule has 0 spiro atoms. The monoisotopic (exact) mass is 165 g/mol. The van der Waals surface area contributed by atoms with Crippen molar-refractivity contribution in [3.63, 3.8) is 0 Å². The first-order valence-corrected chi connectivity index (χ1v) is 4.10. The molecule has 3 nitrogen and oxygen atoms in total. The van der Waals surface area contributed by atoms with E-state index in [0.717, 1.165) is 13.0 Å². The standard InChI is InChI=1S/C9H11NO2/c1-2-5-10-9(3-1)12-7-8-4-6-11-8/h1-3,5,8H,4,6-7H2. The molecule has 0 bridgehead atoms. The Labute approximate surface area is 71.3 Å². The third-order valence-electron chi connectivity index (χ3n) is 1.85. The zero-order valence-corrected chi connectivity index (χ0v) is 6.77. The van der Waals surface area contributed by atoms with Gasteiger partial charge in [-0.15, -0.1) is 0 Å². The zero-order chi connectivity index (χ0) is 8.23. The molecule has 1 aromatic heterocycles. The Hall–Kier alpha value is -1.09. The Morgan fingerprint density at radius 3 is 3.08 bits per heavy atom. The number of ether oxygens (including phenoxy) is 2. The van der Waals surface area contributed by atoms with Crippen molar-refractivity contribution < 1.29 is 9.47 Å². The number of aromatic nitrogens is 1. The lowest BCUT2D eigenvalue weighted by molar-refractivity contribution is -0.0727. The quantitative estimate of drug-likeness (QED) is 0.675. The summed E-state index contributed by atoms with van der Waals surface area (Å²) in [4.78, 5) is 4.03. The van der Waals surface area contributed by atoms with Crippen LogP contribution in [0.15, 0.2) is 24.4 Å². The summed E-state index contributed by atoms with van der Waals surface area (Å²) >= 11 is 0. The first kappa shape index (κ1) is 7.55. The summed E-state index contributed by atoms with van der Waals surface area (Å²) in [6, 6.07) is 5.62. The molecule has 1 aliphatic rings. The van der Waals surface area contributed by atoms with E-state index in [1.165, 1.54) is 0 Å². The van der Waals surface area contributed by atoms with Gasteiger partial charge in [-0.3, -0.25) is 0 Å². The van der Waals surface area contributed by atoms with E-state index in [2.05, 4.69) is 4.98 Å². The van der Waals surface area contributed by atoms with Crippen molar-refractivity contribution in [1.29, 1.82) is 0 Å². The normalized spacial score (nSPS) is 21.5. The summed E-state index contributed by atoms with van der Waals surface area (Å²) in [7, 11) is 0. The largest absolute Gasteiger partial charge is 0.475 e. The summed E-state index contributed by atoms with van der Waals surface area (Å²) in [5, 5.41) is 0. The molecule has 1 aromatic rings. The smallest absolute Gasteiger partial charge is 0.213 e. The van der Waals surface area contributed by atoms with Gasteiger partial charge in [0.2, 0.25) is 5.88 Å². The summed E-state index contributed by atoms with van der Waals surface area (Å²) in [5.41, 5.74) is 0. The molecule has 0 radical (unpaired) electrons. The highest BCUT2D eigenvalue weighted by molar-refractivity contribution is 5.09. The molecule has 1 aliphatic heterocycles. The van der Waals surface area contributed by atoms with Gasteiger partial charge in [0.05, 0.1) is 6.10 Å². The second-order valence-corrected chi connectivity index (χ2v) is 2.76. The fourth-order valence-electron chi connectivity index (χ4n) is 1.03. The molecule has 0 N–H and O–H groups in total. The van der Waals surface area contributed by atoms with Gasteiger partial charge >= 0.3 is 0 Å². The van der Waals surface area contributed by atoms with Crippen molar-refractivity contribution in [2.24, 2.45) is 0 Å². The molecule has 12 heavy (non-hydrogen) atoms. The molecule has 0 saturated carbocycles. The van der Waals surface area contributed by atoms with Crippen LogP contribution in [0.25, 0.3) is 0 Å². The molecule has 64 valence electrons. The van der Waals surface area contributed by atoms with Crippen LogP contribution in [0.2, 0.25) is 0 Å². The Morgan fingerprint density at radius 1 is 1.58 bits per heavy atom. The van der Waals surface area contributed by atoms with Gasteiger partial charge < -0.3 is 9.47 Å². The zero-order valence-electron chi connectivity index (χ0n) is 6.77. The Kier molecular flexibility index (Phi) is 2.23. The molecule has 0 aromatic carbocycles. The average molecular weight is 165 g/mol. The van der Waals surface area contributed by atoms with Crippen LogP contribution in [0, 0.1) is 0 Å². The fourth-order valence-corrected chi connectivity index (χ4v) is 1.03. The minimum atomic E-state index is 0.284. The van der Waals surface area contributed by atoms with E-state index in [9.17, 15) is 0 Å².